The van der Waals surface area contributed by atoms with Crippen molar-refractivity contribution in [1.82, 2.24) is 15.5 Å². The molecule has 4 fully saturated rings. The molecular weight excluding hydrogens is 1190 g/mol. The van der Waals surface area contributed by atoms with Crippen molar-refractivity contribution in [2.45, 2.75) is 32.1 Å². The third-order valence-corrected chi connectivity index (χ3v) is 15.8. The molecule has 16 rings (SSSR count). The normalized spacial score (nSPS) is 15.1. The van der Waals surface area contributed by atoms with Crippen LogP contribution in [0.3, 0.4) is 0 Å². The van der Waals surface area contributed by atoms with Crippen LogP contribution in [0.1, 0.15) is 84.7 Å². The fourth-order valence-electron chi connectivity index (χ4n) is 11.0. The lowest BCUT2D eigenvalue weighted by atomic mass is 9.84. The van der Waals surface area contributed by atoms with Gasteiger partial charge in [0, 0.05) is 134 Å². The van der Waals surface area contributed by atoms with Crippen LogP contribution in [0.15, 0.2) is 200 Å². The SMILES string of the molecule is C1CCOC1.C1COCCN1.CN(C)C=O.CS(C)=O.Clc1cccc2ccccc12.O=C1NC(=O)c2ccccc21.O=C1c2ccccc2C(=O)c2cc(N3CCOCC3)ccc21.c1ccc(N2CCCCC2)cc1.c1ccc2c(c1)-c1cccc3cccc-2c13. The second-order valence-electron chi connectivity index (χ2n) is 22.5. The van der Waals surface area contributed by atoms with E-state index >= 15 is 0 Å². The van der Waals surface area contributed by atoms with Gasteiger partial charge in [-0.25, -0.2) is 0 Å². The number of benzene rings is 9. The quantitative estimate of drug-likeness (QED) is 0.127. The first-order valence-electron chi connectivity index (χ1n) is 31.2. The zero-order valence-corrected chi connectivity index (χ0v) is 54.5. The summed E-state index contributed by atoms with van der Waals surface area (Å²) in [6.45, 7) is 11.3. The molecule has 2 N–H and O–H groups in total. The van der Waals surface area contributed by atoms with Crippen LogP contribution in [-0.2, 0) is 29.8 Å². The summed E-state index contributed by atoms with van der Waals surface area (Å²) in [7, 11) is 2.76. The number of carbonyl (C=O) groups is 5. The first-order chi connectivity index (χ1) is 44.8. The Morgan fingerprint density at radius 1 is 0.435 bits per heavy atom. The number of amides is 3. The van der Waals surface area contributed by atoms with Gasteiger partial charge in [0.1, 0.15) is 0 Å². The smallest absolute Gasteiger partial charge is 0.258 e. The van der Waals surface area contributed by atoms with Crippen molar-refractivity contribution in [2.75, 3.05) is 115 Å². The lowest BCUT2D eigenvalue weighted by Crippen LogP contribution is -2.36. The molecule has 0 saturated carbocycles. The zero-order chi connectivity index (χ0) is 65.0. The highest BCUT2D eigenvalue weighted by molar-refractivity contribution is 7.83. The van der Waals surface area contributed by atoms with Crippen molar-refractivity contribution in [3.8, 4) is 22.3 Å². The summed E-state index contributed by atoms with van der Waals surface area (Å²) >= 11 is 5.96. The highest BCUT2D eigenvalue weighted by Crippen LogP contribution is 2.46. The standard InChI is InChI=1S/C18H15NO3.C16H10.C11H15N.C10H7Cl.C8H5NO2.C4H9NO.C4H8O.C3H7NO.C2H6OS/c20-17-13-3-1-2-4-14(13)18(21)16-11-12(5-6-15(16)17)19-7-9-22-10-8-19;1-2-8-13-12(7-1)14-9-3-5-11-6-4-10-15(13)16(11)14;1-3-7-11(8-4-1)12-9-5-2-6-10-12;11-10-7-3-5-8-4-1-2-6-9(8)10;10-7-5-3-1-2-4-6(5)8(11)9-7;1-3-6-4-2-5-1;1-2-4-5-3-1;1-4(2)3-5;1-4(2)3/h1-6,11H,7-10H2;1-10H;1,3-4,7-8H,2,5-6,9-10H2;1-7H;1-4H,(H,9,10,11);5H,1-4H2;1-4H2;3H,1-2H3;1-2H3. The molecule has 478 valence electrons. The van der Waals surface area contributed by atoms with E-state index in [2.05, 4.69) is 124 Å². The lowest BCUT2D eigenvalue weighted by molar-refractivity contribution is -0.115. The minimum absolute atomic E-state index is 0.0692. The molecule has 9 aromatic carbocycles. The number of hydrogen-bond donors (Lipinski definition) is 2. The zero-order valence-electron chi connectivity index (χ0n) is 53.0. The molecule has 0 spiro atoms. The molecule has 3 amide bonds. The van der Waals surface area contributed by atoms with Gasteiger partial charge >= 0.3 is 0 Å². The Morgan fingerprint density at radius 3 is 1.36 bits per heavy atom. The number of halogens is 1. The van der Waals surface area contributed by atoms with Gasteiger partial charge in [-0.1, -0.05) is 163 Å². The van der Waals surface area contributed by atoms with Crippen molar-refractivity contribution < 1.29 is 42.4 Å². The second-order valence-corrected chi connectivity index (χ2v) is 24.3. The third kappa shape index (κ3) is 19.7. The molecule has 0 aromatic heterocycles. The molecule has 14 nitrogen and oxygen atoms in total. The first-order valence-corrected chi connectivity index (χ1v) is 33.6. The second kappa shape index (κ2) is 36.4. The van der Waals surface area contributed by atoms with Crippen LogP contribution in [0.2, 0.25) is 5.02 Å². The summed E-state index contributed by atoms with van der Waals surface area (Å²) < 4.78 is 24.9. The van der Waals surface area contributed by atoms with Crippen LogP contribution < -0.4 is 20.4 Å². The van der Waals surface area contributed by atoms with Gasteiger partial charge in [0.2, 0.25) is 6.41 Å². The van der Waals surface area contributed by atoms with E-state index in [0.29, 0.717) is 46.6 Å². The number of ketones is 2. The molecular formula is C76H82ClN5O9S. The van der Waals surface area contributed by atoms with Crippen molar-refractivity contribution in [3.63, 3.8) is 0 Å². The highest BCUT2D eigenvalue weighted by Gasteiger charge is 2.30. The van der Waals surface area contributed by atoms with Crippen LogP contribution in [0.4, 0.5) is 11.4 Å². The summed E-state index contributed by atoms with van der Waals surface area (Å²) in [5, 5.41) is 11.3. The van der Waals surface area contributed by atoms with Gasteiger partial charge in [-0.3, -0.25) is 33.5 Å². The Kier molecular flexibility index (Phi) is 27.4. The maximum atomic E-state index is 12.7. The molecule has 5 aliphatic heterocycles. The van der Waals surface area contributed by atoms with E-state index in [4.69, 9.17) is 25.8 Å². The van der Waals surface area contributed by atoms with Gasteiger partial charge in [-0.05, 0) is 119 Å². The number of carbonyl (C=O) groups excluding carboxylic acids is 5. The van der Waals surface area contributed by atoms with E-state index in [1.165, 1.54) is 94.2 Å². The van der Waals surface area contributed by atoms with Gasteiger partial charge in [-0.2, -0.15) is 0 Å². The lowest BCUT2D eigenvalue weighted by Gasteiger charge is -2.30. The average Bonchev–Trinajstić information content (AvgIpc) is 1.46. The highest BCUT2D eigenvalue weighted by atomic mass is 35.5. The molecule has 0 radical (unpaired) electrons. The Bertz CT molecular complexity index is 3800. The van der Waals surface area contributed by atoms with Crippen molar-refractivity contribution in [1.29, 1.82) is 0 Å². The van der Waals surface area contributed by atoms with Crippen LogP contribution in [0, 0.1) is 0 Å². The molecule has 0 unspecified atom stereocenters. The number of anilines is 2. The number of fused-ring (bicyclic) bond motifs is 7. The maximum Gasteiger partial charge on any atom is 0.258 e. The summed E-state index contributed by atoms with van der Waals surface area (Å²) in [5.41, 5.74) is 10.8. The number of rotatable bonds is 3. The molecule has 4 saturated heterocycles. The number of para-hydroxylation sites is 1. The summed E-state index contributed by atoms with van der Waals surface area (Å²) in [4.78, 5) is 62.7. The van der Waals surface area contributed by atoms with Crippen molar-refractivity contribution >= 4 is 85.1 Å². The average molecular weight is 1280 g/mol. The maximum absolute atomic E-state index is 12.7. The van der Waals surface area contributed by atoms with Crippen LogP contribution in [0.5, 0.6) is 0 Å². The van der Waals surface area contributed by atoms with Gasteiger partial charge in [-0.15, -0.1) is 0 Å². The Morgan fingerprint density at radius 2 is 0.859 bits per heavy atom. The summed E-state index contributed by atoms with van der Waals surface area (Å²) in [6, 6.07) is 65.8. The third-order valence-electron chi connectivity index (χ3n) is 15.4. The monoisotopic (exact) mass is 1280 g/mol. The molecule has 92 heavy (non-hydrogen) atoms. The van der Waals surface area contributed by atoms with Crippen LogP contribution in [-0.4, -0.2) is 144 Å². The van der Waals surface area contributed by atoms with E-state index in [9.17, 15) is 28.2 Å². The molecule has 5 heterocycles. The van der Waals surface area contributed by atoms with E-state index in [1.807, 2.05) is 42.5 Å². The number of nitrogens with zero attached hydrogens (tertiary/aromatic N) is 3. The molecule has 7 aliphatic rings. The van der Waals surface area contributed by atoms with Gasteiger partial charge in [0.05, 0.1) is 37.6 Å². The minimum Gasteiger partial charge on any atom is -0.381 e. The van der Waals surface area contributed by atoms with E-state index in [-0.39, 0.29) is 23.4 Å². The van der Waals surface area contributed by atoms with Crippen LogP contribution in [0.25, 0.3) is 43.8 Å². The van der Waals surface area contributed by atoms with Gasteiger partial charge in [0.25, 0.3) is 11.8 Å². The largest absolute Gasteiger partial charge is 0.381 e. The summed E-state index contributed by atoms with van der Waals surface area (Å²) in [6.07, 6.45) is 10.7. The Balaban J connectivity index is 0.000000140. The van der Waals surface area contributed by atoms with Crippen LogP contribution >= 0.6 is 11.6 Å². The van der Waals surface area contributed by atoms with Crippen molar-refractivity contribution in [2.24, 2.45) is 0 Å². The number of imide groups is 1. The molecule has 9 aromatic rings. The van der Waals surface area contributed by atoms with E-state index in [0.717, 1.165) is 75.1 Å². The molecule has 16 heteroatoms. The Labute approximate surface area is 548 Å². The molecule has 0 atom stereocenters. The topological polar surface area (TPSA) is 164 Å². The first kappa shape index (κ1) is 69.2. The fraction of sp³-hybridized carbons (Fsp3) is 0.276. The summed E-state index contributed by atoms with van der Waals surface area (Å²) in [5.74, 6) is -0.741. The van der Waals surface area contributed by atoms with Gasteiger partial charge in [0.15, 0.2) is 11.6 Å². The van der Waals surface area contributed by atoms with Gasteiger partial charge < -0.3 is 34.2 Å². The minimum atomic E-state index is -0.611. The number of piperidine rings is 1. The number of ether oxygens (including phenoxy) is 3. The predicted octanol–water partition coefficient (Wildman–Crippen LogP) is 13.6. The Hall–Kier alpha value is -8.67. The number of nitrogens with one attached hydrogen (secondary N) is 2. The fourth-order valence-corrected chi connectivity index (χ4v) is 11.2. The van der Waals surface area contributed by atoms with E-state index < -0.39 is 10.8 Å². The van der Waals surface area contributed by atoms with E-state index in [1.54, 1.807) is 81.2 Å². The predicted molar refractivity (Wildman–Crippen MR) is 374 cm³/mol. The number of hydrogen-bond acceptors (Lipinski definition) is 12. The molecule has 2 aliphatic carbocycles. The van der Waals surface area contributed by atoms with Crippen molar-refractivity contribution in [3.05, 3.63) is 239 Å². The number of morpholine rings is 2. The molecule has 0 bridgehead atoms.